The molecule has 1 heterocycles. The fourth-order valence-electron chi connectivity index (χ4n) is 1.57. The minimum atomic E-state index is -3.95. The van der Waals surface area contributed by atoms with Crippen molar-refractivity contribution in [2.45, 2.75) is 30.8 Å². The molecule has 1 rings (SSSR count). The number of aliphatic carboxylic acids is 1. The molecule has 0 saturated heterocycles. The van der Waals surface area contributed by atoms with Crippen molar-refractivity contribution in [3.63, 3.8) is 0 Å². The van der Waals surface area contributed by atoms with E-state index in [2.05, 4.69) is 9.71 Å². The molecule has 0 radical (unpaired) electrons. The molecule has 2 N–H and O–H groups in total. The number of hydrogen-bond acceptors (Lipinski definition) is 5. The van der Waals surface area contributed by atoms with Gasteiger partial charge in [0.2, 0.25) is 0 Å². The quantitative estimate of drug-likeness (QED) is 0.648. The number of carbonyl (C=O) groups is 1. The number of imidazole rings is 1. The van der Waals surface area contributed by atoms with Gasteiger partial charge in [0.05, 0.1) is 0 Å². The molecule has 0 saturated carbocycles. The van der Waals surface area contributed by atoms with Crippen LogP contribution in [0.1, 0.15) is 18.7 Å². The summed E-state index contributed by atoms with van der Waals surface area (Å²) in [5.74, 6) is -0.700. The lowest BCUT2D eigenvalue weighted by Crippen LogP contribution is -2.41. The van der Waals surface area contributed by atoms with Gasteiger partial charge in [-0.3, -0.25) is 4.79 Å². The second-order valence-corrected chi connectivity index (χ2v) is 6.05. The molecule has 20 heavy (non-hydrogen) atoms. The highest BCUT2D eigenvalue weighted by Crippen LogP contribution is 2.10. The van der Waals surface area contributed by atoms with Crippen molar-refractivity contribution in [1.82, 2.24) is 14.3 Å². The summed E-state index contributed by atoms with van der Waals surface area (Å²) >= 11 is 0. The average Bonchev–Trinajstić information content (AvgIpc) is 2.69. The summed E-state index contributed by atoms with van der Waals surface area (Å²) in [5.41, 5.74) is 0. The Morgan fingerprint density at radius 3 is 2.70 bits per heavy atom. The fourth-order valence-corrected chi connectivity index (χ4v) is 2.83. The van der Waals surface area contributed by atoms with Gasteiger partial charge in [-0.05, 0) is 19.8 Å². The second kappa shape index (κ2) is 6.82. The molecule has 8 nitrogen and oxygen atoms in total. The number of methoxy groups -OCH3 is 1. The summed E-state index contributed by atoms with van der Waals surface area (Å²) in [4.78, 5) is 15.0. The lowest BCUT2D eigenvalue weighted by Gasteiger charge is -2.13. The van der Waals surface area contributed by atoms with E-state index in [0.29, 0.717) is 18.9 Å². The van der Waals surface area contributed by atoms with Crippen molar-refractivity contribution in [3.05, 3.63) is 12.0 Å². The molecule has 0 amide bonds. The number of sulfonamides is 1. The molecule has 0 aliphatic rings. The molecular weight excluding hydrogens is 286 g/mol. The first-order chi connectivity index (χ1) is 9.27. The van der Waals surface area contributed by atoms with Gasteiger partial charge < -0.3 is 14.4 Å². The molecule has 1 aromatic rings. The molecule has 1 aromatic heterocycles. The van der Waals surface area contributed by atoms with E-state index in [1.165, 1.54) is 13.3 Å². The highest BCUT2D eigenvalue weighted by molar-refractivity contribution is 7.89. The van der Waals surface area contributed by atoms with Gasteiger partial charge in [0.1, 0.15) is 11.9 Å². The molecule has 0 aromatic carbocycles. The van der Waals surface area contributed by atoms with E-state index in [9.17, 15) is 13.2 Å². The Balaban J connectivity index is 2.83. The van der Waals surface area contributed by atoms with Crippen LogP contribution in [0.3, 0.4) is 0 Å². The number of rotatable bonds is 8. The topological polar surface area (TPSA) is 111 Å². The maximum atomic E-state index is 12.1. The van der Waals surface area contributed by atoms with E-state index in [-0.39, 0.29) is 11.4 Å². The molecule has 0 aliphatic carbocycles. The third-order valence-corrected chi connectivity index (χ3v) is 4.14. The lowest BCUT2D eigenvalue weighted by atomic mass is 10.2. The van der Waals surface area contributed by atoms with Gasteiger partial charge in [-0.1, -0.05) is 0 Å². The normalized spacial score (nSPS) is 13.3. The first-order valence-electron chi connectivity index (χ1n) is 6.02. The van der Waals surface area contributed by atoms with Gasteiger partial charge in [-0.2, -0.15) is 4.72 Å². The first kappa shape index (κ1) is 16.6. The third-order valence-electron chi connectivity index (χ3n) is 2.80. The summed E-state index contributed by atoms with van der Waals surface area (Å²) in [7, 11) is -0.789. The van der Waals surface area contributed by atoms with Crippen LogP contribution in [0.15, 0.2) is 11.2 Å². The lowest BCUT2D eigenvalue weighted by molar-refractivity contribution is -0.139. The van der Waals surface area contributed by atoms with E-state index < -0.39 is 22.0 Å². The van der Waals surface area contributed by atoms with Crippen LogP contribution in [0.4, 0.5) is 0 Å². The Bertz CT molecular complexity index is 547. The molecule has 0 fully saturated rings. The molecular formula is C11H19N3O5S. The predicted octanol–water partition coefficient (Wildman–Crippen LogP) is -0.113. The number of aromatic nitrogens is 2. The number of carboxylic acids is 1. The minimum Gasteiger partial charge on any atom is -0.480 e. The van der Waals surface area contributed by atoms with Gasteiger partial charge in [-0.25, -0.2) is 13.4 Å². The van der Waals surface area contributed by atoms with Gasteiger partial charge in [-0.15, -0.1) is 0 Å². The van der Waals surface area contributed by atoms with Crippen LogP contribution in [0.2, 0.25) is 0 Å². The number of nitrogens with one attached hydrogen (secondary N) is 1. The Morgan fingerprint density at radius 1 is 1.60 bits per heavy atom. The fraction of sp³-hybridized carbons (Fsp3) is 0.636. The minimum absolute atomic E-state index is 0.147. The van der Waals surface area contributed by atoms with E-state index in [1.807, 2.05) is 0 Å². The Hall–Kier alpha value is -1.45. The predicted molar refractivity (Wildman–Crippen MR) is 70.8 cm³/mol. The number of carboxylic acid groups (broad SMARTS) is 1. The molecule has 114 valence electrons. The van der Waals surface area contributed by atoms with E-state index in [4.69, 9.17) is 9.84 Å². The van der Waals surface area contributed by atoms with Crippen LogP contribution in [-0.4, -0.2) is 48.8 Å². The Morgan fingerprint density at radius 2 is 2.25 bits per heavy atom. The zero-order valence-corrected chi connectivity index (χ0v) is 12.5. The summed E-state index contributed by atoms with van der Waals surface area (Å²) in [5, 5.41) is 8.86. The van der Waals surface area contributed by atoms with Crippen molar-refractivity contribution < 1.29 is 23.1 Å². The highest BCUT2D eigenvalue weighted by atomic mass is 32.2. The second-order valence-electron chi connectivity index (χ2n) is 4.38. The van der Waals surface area contributed by atoms with Crippen LogP contribution >= 0.6 is 0 Å². The van der Waals surface area contributed by atoms with Crippen LogP contribution in [0.5, 0.6) is 0 Å². The standard InChI is InChI=1S/C11H19N3O5S/c1-8-12-10(7-14(8)2)20(17,18)13-9(11(15)16)5-4-6-19-3/h7,9,13H,4-6H2,1-3H3,(H,15,16). The van der Waals surface area contributed by atoms with E-state index in [1.54, 1.807) is 18.5 Å². The van der Waals surface area contributed by atoms with Crippen molar-refractivity contribution in [3.8, 4) is 0 Å². The number of nitrogens with zero attached hydrogens (tertiary/aromatic N) is 2. The maximum absolute atomic E-state index is 12.1. The molecule has 0 aliphatic heterocycles. The molecule has 0 spiro atoms. The van der Waals surface area contributed by atoms with Crippen LogP contribution in [0, 0.1) is 6.92 Å². The van der Waals surface area contributed by atoms with Crippen molar-refractivity contribution in [2.24, 2.45) is 7.05 Å². The monoisotopic (exact) mass is 305 g/mol. The van der Waals surface area contributed by atoms with Gasteiger partial charge in [0.25, 0.3) is 10.0 Å². The van der Waals surface area contributed by atoms with Gasteiger partial charge >= 0.3 is 5.97 Å². The molecule has 0 bridgehead atoms. The largest absolute Gasteiger partial charge is 0.480 e. The summed E-state index contributed by atoms with van der Waals surface area (Å²) in [6.07, 6.45) is 1.93. The molecule has 1 atom stereocenters. The zero-order valence-electron chi connectivity index (χ0n) is 11.7. The third kappa shape index (κ3) is 4.29. The summed E-state index contributed by atoms with van der Waals surface area (Å²) in [6, 6.07) is -1.20. The van der Waals surface area contributed by atoms with Crippen LogP contribution < -0.4 is 4.72 Å². The number of hydrogen-bond donors (Lipinski definition) is 2. The first-order valence-corrected chi connectivity index (χ1v) is 7.50. The average molecular weight is 305 g/mol. The molecule has 1 unspecified atom stereocenters. The van der Waals surface area contributed by atoms with Crippen LogP contribution in [-0.2, 0) is 26.6 Å². The summed E-state index contributed by atoms with van der Waals surface area (Å²) in [6.45, 7) is 2.03. The number of aryl methyl sites for hydroxylation is 2. The van der Waals surface area contributed by atoms with Gasteiger partial charge in [0.15, 0.2) is 5.03 Å². The SMILES string of the molecule is COCCCC(NS(=O)(=O)c1cn(C)c(C)n1)C(=O)O. The van der Waals surface area contributed by atoms with E-state index in [0.717, 1.165) is 0 Å². The smallest absolute Gasteiger partial charge is 0.321 e. The summed E-state index contributed by atoms with van der Waals surface area (Å²) < 4.78 is 32.6. The van der Waals surface area contributed by atoms with Gasteiger partial charge in [0, 0.05) is 27.0 Å². The molecule has 9 heteroatoms. The Kier molecular flexibility index (Phi) is 5.66. The highest BCUT2D eigenvalue weighted by Gasteiger charge is 2.27. The zero-order chi connectivity index (χ0) is 15.3. The van der Waals surface area contributed by atoms with Crippen molar-refractivity contribution in [1.29, 1.82) is 0 Å². The van der Waals surface area contributed by atoms with Crippen LogP contribution in [0.25, 0.3) is 0 Å². The van der Waals surface area contributed by atoms with Crippen molar-refractivity contribution in [2.75, 3.05) is 13.7 Å². The Labute approximate surface area is 117 Å². The maximum Gasteiger partial charge on any atom is 0.321 e. The number of ether oxygens (including phenoxy) is 1. The van der Waals surface area contributed by atoms with Crippen molar-refractivity contribution >= 4 is 16.0 Å². The van der Waals surface area contributed by atoms with E-state index >= 15 is 0 Å².